The first kappa shape index (κ1) is 14.0. The van der Waals surface area contributed by atoms with Crippen LogP contribution in [0.15, 0.2) is 54.7 Å². The third-order valence-corrected chi connectivity index (χ3v) is 3.32. The molecule has 0 amide bonds. The molecule has 1 N–H and O–H groups in total. The largest absolute Gasteiger partial charge is 0.476 e. The Bertz CT molecular complexity index is 838. The van der Waals surface area contributed by atoms with Crippen LogP contribution in [0.2, 0.25) is 0 Å². The van der Waals surface area contributed by atoms with Crippen LogP contribution in [-0.4, -0.2) is 20.6 Å². The van der Waals surface area contributed by atoms with Gasteiger partial charge in [0.1, 0.15) is 11.6 Å². The van der Waals surface area contributed by atoms with E-state index in [0.29, 0.717) is 11.5 Å². The number of halogens is 1. The van der Waals surface area contributed by atoms with E-state index in [4.69, 9.17) is 5.11 Å². The third kappa shape index (κ3) is 2.61. The van der Waals surface area contributed by atoms with Crippen molar-refractivity contribution in [1.29, 1.82) is 0 Å². The summed E-state index contributed by atoms with van der Waals surface area (Å²) < 4.78 is 15.0. The molecular formula is C17H13FN2O2. The Balaban J connectivity index is 2.20. The Morgan fingerprint density at radius 2 is 1.91 bits per heavy atom. The van der Waals surface area contributed by atoms with Crippen LogP contribution in [0.4, 0.5) is 4.39 Å². The van der Waals surface area contributed by atoms with E-state index in [1.165, 1.54) is 18.3 Å². The molecule has 0 aliphatic rings. The van der Waals surface area contributed by atoms with Gasteiger partial charge in [-0.2, -0.15) is 0 Å². The Kier molecular flexibility index (Phi) is 3.47. The molecule has 4 nitrogen and oxygen atoms in total. The number of carbonyl (C=O) groups is 1. The lowest BCUT2D eigenvalue weighted by molar-refractivity contribution is 0.0691. The van der Waals surface area contributed by atoms with E-state index in [1.807, 2.05) is 31.2 Å². The molecule has 3 rings (SSSR count). The van der Waals surface area contributed by atoms with E-state index in [0.717, 1.165) is 11.1 Å². The van der Waals surface area contributed by atoms with Gasteiger partial charge in [0.15, 0.2) is 5.69 Å². The van der Waals surface area contributed by atoms with Gasteiger partial charge in [-0.3, -0.25) is 4.57 Å². The molecule has 3 aromatic rings. The third-order valence-electron chi connectivity index (χ3n) is 3.32. The number of aromatic nitrogens is 2. The molecule has 2 aromatic carbocycles. The van der Waals surface area contributed by atoms with Gasteiger partial charge in [0, 0.05) is 17.4 Å². The van der Waals surface area contributed by atoms with Gasteiger partial charge < -0.3 is 5.11 Å². The van der Waals surface area contributed by atoms with Gasteiger partial charge in [-0.1, -0.05) is 35.9 Å². The van der Waals surface area contributed by atoms with E-state index in [9.17, 15) is 9.18 Å². The smallest absolute Gasteiger partial charge is 0.356 e. The zero-order valence-corrected chi connectivity index (χ0v) is 11.8. The summed E-state index contributed by atoms with van der Waals surface area (Å²) in [6.07, 6.45) is 1.40. The van der Waals surface area contributed by atoms with Crippen LogP contribution < -0.4 is 0 Å². The molecule has 0 aliphatic carbocycles. The molecule has 0 aliphatic heterocycles. The summed E-state index contributed by atoms with van der Waals surface area (Å²) in [6.45, 7) is 1.96. The van der Waals surface area contributed by atoms with Gasteiger partial charge in [-0.15, -0.1) is 0 Å². The Labute approximate surface area is 126 Å². The summed E-state index contributed by atoms with van der Waals surface area (Å²) >= 11 is 0. The molecule has 0 bridgehead atoms. The van der Waals surface area contributed by atoms with E-state index >= 15 is 0 Å². The molecule has 0 radical (unpaired) electrons. The molecule has 0 atom stereocenters. The highest BCUT2D eigenvalue weighted by atomic mass is 19.1. The fourth-order valence-corrected chi connectivity index (χ4v) is 2.21. The van der Waals surface area contributed by atoms with Crippen LogP contribution in [0.5, 0.6) is 0 Å². The molecule has 5 heteroatoms. The lowest BCUT2D eigenvalue weighted by Crippen LogP contribution is -1.96. The second kappa shape index (κ2) is 5.44. The summed E-state index contributed by atoms with van der Waals surface area (Å²) in [5.41, 5.74) is 2.30. The first-order chi connectivity index (χ1) is 10.5. The van der Waals surface area contributed by atoms with Gasteiger partial charge >= 0.3 is 5.97 Å². The van der Waals surface area contributed by atoms with Crippen molar-refractivity contribution in [3.05, 3.63) is 71.8 Å². The van der Waals surface area contributed by atoms with E-state index in [-0.39, 0.29) is 5.69 Å². The summed E-state index contributed by atoms with van der Waals surface area (Å²) in [7, 11) is 0. The number of benzene rings is 2. The van der Waals surface area contributed by atoms with Crippen molar-refractivity contribution >= 4 is 5.97 Å². The van der Waals surface area contributed by atoms with Crippen molar-refractivity contribution in [2.24, 2.45) is 0 Å². The molecule has 0 fully saturated rings. The zero-order chi connectivity index (χ0) is 15.7. The van der Waals surface area contributed by atoms with Crippen LogP contribution in [0.3, 0.4) is 0 Å². The average molecular weight is 296 g/mol. The number of aryl methyl sites for hydroxylation is 1. The van der Waals surface area contributed by atoms with Crippen molar-refractivity contribution < 1.29 is 14.3 Å². The van der Waals surface area contributed by atoms with Crippen molar-refractivity contribution in [1.82, 2.24) is 9.55 Å². The molecule has 1 heterocycles. The standard InChI is InChI=1S/C17H13FN2O2/c1-11-5-7-12(8-6-11)16-19-15(17(21)22)10-20(16)14-4-2-3-13(18)9-14/h2-10H,1H3,(H,21,22). The lowest BCUT2D eigenvalue weighted by atomic mass is 10.1. The van der Waals surface area contributed by atoms with Crippen LogP contribution >= 0.6 is 0 Å². The minimum absolute atomic E-state index is 0.0835. The van der Waals surface area contributed by atoms with Gasteiger partial charge in [0.05, 0.1) is 0 Å². The average Bonchev–Trinajstić information content (AvgIpc) is 2.93. The van der Waals surface area contributed by atoms with Gasteiger partial charge in [0.25, 0.3) is 0 Å². The number of hydrogen-bond donors (Lipinski definition) is 1. The van der Waals surface area contributed by atoms with Crippen molar-refractivity contribution in [3.8, 4) is 17.1 Å². The molecule has 0 unspecified atom stereocenters. The molecule has 0 saturated carbocycles. The highest BCUT2D eigenvalue weighted by Gasteiger charge is 2.16. The van der Waals surface area contributed by atoms with Crippen LogP contribution in [0.25, 0.3) is 17.1 Å². The van der Waals surface area contributed by atoms with E-state index < -0.39 is 11.8 Å². The summed E-state index contributed by atoms with van der Waals surface area (Å²) in [6, 6.07) is 13.5. The number of nitrogens with zero attached hydrogens (tertiary/aromatic N) is 2. The predicted octanol–water partition coefficient (Wildman–Crippen LogP) is 3.69. The number of hydrogen-bond acceptors (Lipinski definition) is 2. The molecule has 0 saturated heterocycles. The molecule has 1 aromatic heterocycles. The Morgan fingerprint density at radius 1 is 1.18 bits per heavy atom. The normalized spacial score (nSPS) is 10.6. The molecule has 0 spiro atoms. The lowest BCUT2D eigenvalue weighted by Gasteiger charge is -2.08. The maximum Gasteiger partial charge on any atom is 0.356 e. The monoisotopic (exact) mass is 296 g/mol. The van der Waals surface area contributed by atoms with Crippen molar-refractivity contribution in [2.45, 2.75) is 6.92 Å². The summed E-state index contributed by atoms with van der Waals surface area (Å²) in [5, 5.41) is 9.17. The summed E-state index contributed by atoms with van der Waals surface area (Å²) in [4.78, 5) is 15.4. The minimum Gasteiger partial charge on any atom is -0.476 e. The van der Waals surface area contributed by atoms with E-state index in [2.05, 4.69) is 4.98 Å². The van der Waals surface area contributed by atoms with Gasteiger partial charge in [-0.05, 0) is 25.1 Å². The predicted molar refractivity (Wildman–Crippen MR) is 80.7 cm³/mol. The number of imidazole rings is 1. The maximum atomic E-state index is 13.5. The van der Waals surface area contributed by atoms with Gasteiger partial charge in [0.2, 0.25) is 0 Å². The number of carboxylic acids is 1. The van der Waals surface area contributed by atoms with Gasteiger partial charge in [-0.25, -0.2) is 14.2 Å². The zero-order valence-electron chi connectivity index (χ0n) is 11.8. The topological polar surface area (TPSA) is 55.1 Å². The van der Waals surface area contributed by atoms with Crippen molar-refractivity contribution in [3.63, 3.8) is 0 Å². The SMILES string of the molecule is Cc1ccc(-c2nc(C(=O)O)cn2-c2cccc(F)c2)cc1. The highest BCUT2D eigenvalue weighted by molar-refractivity contribution is 5.86. The van der Waals surface area contributed by atoms with Crippen LogP contribution in [0.1, 0.15) is 16.1 Å². The number of rotatable bonds is 3. The number of aromatic carboxylic acids is 1. The molecule has 110 valence electrons. The van der Waals surface area contributed by atoms with Crippen LogP contribution in [-0.2, 0) is 0 Å². The second-order valence-corrected chi connectivity index (χ2v) is 4.97. The fourth-order valence-electron chi connectivity index (χ4n) is 2.21. The quantitative estimate of drug-likeness (QED) is 0.802. The van der Waals surface area contributed by atoms with E-state index in [1.54, 1.807) is 16.7 Å². The van der Waals surface area contributed by atoms with Crippen molar-refractivity contribution in [2.75, 3.05) is 0 Å². The fraction of sp³-hybridized carbons (Fsp3) is 0.0588. The minimum atomic E-state index is -1.12. The summed E-state index contributed by atoms with van der Waals surface area (Å²) in [5.74, 6) is -1.05. The maximum absolute atomic E-state index is 13.5. The molecule has 22 heavy (non-hydrogen) atoms. The second-order valence-electron chi connectivity index (χ2n) is 4.97. The first-order valence-electron chi connectivity index (χ1n) is 6.70. The van der Waals surface area contributed by atoms with Crippen LogP contribution in [0, 0.1) is 12.7 Å². The Hall–Kier alpha value is -2.95. The first-order valence-corrected chi connectivity index (χ1v) is 6.70. The highest BCUT2D eigenvalue weighted by Crippen LogP contribution is 2.24. The Morgan fingerprint density at radius 3 is 2.55 bits per heavy atom. The number of carboxylic acid groups (broad SMARTS) is 1. The molecular weight excluding hydrogens is 283 g/mol.